The first kappa shape index (κ1) is 19.4. The minimum atomic E-state index is -0.0906. The Labute approximate surface area is 170 Å². The number of rotatable bonds is 6. The number of imidazole rings is 1. The number of benzene rings is 1. The van der Waals surface area contributed by atoms with E-state index in [-0.39, 0.29) is 17.5 Å². The smallest absolute Gasteiger partial charge is 0.330 e. The Morgan fingerprint density at radius 3 is 2.76 bits per heavy atom. The summed E-state index contributed by atoms with van der Waals surface area (Å²) in [6.45, 7) is 3.41. The molecule has 0 spiro atoms. The lowest BCUT2D eigenvalue weighted by molar-refractivity contribution is -0.125. The van der Waals surface area contributed by atoms with Crippen molar-refractivity contribution in [1.29, 1.82) is 0 Å². The maximum Gasteiger partial charge on any atom is 0.330 e. The molecule has 1 aliphatic carbocycles. The number of nitrogens with zero attached hydrogens (tertiary/aromatic N) is 3. The third kappa shape index (κ3) is 4.26. The van der Waals surface area contributed by atoms with Crippen molar-refractivity contribution in [3.05, 3.63) is 64.2 Å². The number of carbonyl (C=O) groups is 1. The number of carbonyl (C=O) groups excluding carboxylic acids is 1. The van der Waals surface area contributed by atoms with E-state index in [1.807, 2.05) is 37.3 Å². The van der Waals surface area contributed by atoms with Crippen LogP contribution < -0.4 is 11.0 Å². The van der Waals surface area contributed by atoms with Gasteiger partial charge >= 0.3 is 5.69 Å². The minimum absolute atomic E-state index is 0.0906. The summed E-state index contributed by atoms with van der Waals surface area (Å²) in [4.78, 5) is 30.0. The van der Waals surface area contributed by atoms with Crippen molar-refractivity contribution in [3.8, 4) is 0 Å². The number of pyridine rings is 1. The van der Waals surface area contributed by atoms with Gasteiger partial charge < -0.3 is 5.32 Å². The van der Waals surface area contributed by atoms with Crippen LogP contribution in [0.2, 0.25) is 0 Å². The molecule has 0 atom stereocenters. The number of nitrogens with one attached hydrogen (secondary N) is 1. The van der Waals surface area contributed by atoms with Gasteiger partial charge in [0.2, 0.25) is 5.91 Å². The summed E-state index contributed by atoms with van der Waals surface area (Å²) < 4.78 is 3.44. The molecule has 1 saturated carbocycles. The van der Waals surface area contributed by atoms with Crippen LogP contribution in [-0.2, 0) is 17.9 Å². The van der Waals surface area contributed by atoms with Crippen LogP contribution in [0.3, 0.4) is 0 Å². The van der Waals surface area contributed by atoms with E-state index in [4.69, 9.17) is 0 Å². The van der Waals surface area contributed by atoms with E-state index in [2.05, 4.69) is 16.4 Å². The van der Waals surface area contributed by atoms with Crippen molar-refractivity contribution in [1.82, 2.24) is 19.4 Å². The van der Waals surface area contributed by atoms with Gasteiger partial charge in [0, 0.05) is 25.2 Å². The number of fused-ring (bicyclic) bond motifs is 1. The highest BCUT2D eigenvalue weighted by Gasteiger charge is 2.21. The summed E-state index contributed by atoms with van der Waals surface area (Å²) in [6, 6.07) is 12.0. The summed E-state index contributed by atoms with van der Waals surface area (Å²) >= 11 is 0. The molecule has 4 rings (SSSR count). The van der Waals surface area contributed by atoms with Crippen molar-refractivity contribution >= 4 is 17.1 Å². The Balaban J connectivity index is 1.53. The summed E-state index contributed by atoms with van der Waals surface area (Å²) in [5.41, 5.74) is 3.64. The number of hydrogen-bond donors (Lipinski definition) is 1. The lowest BCUT2D eigenvalue weighted by Crippen LogP contribution is -2.36. The zero-order valence-electron chi connectivity index (χ0n) is 16.9. The first-order valence-corrected chi connectivity index (χ1v) is 10.5. The first-order valence-electron chi connectivity index (χ1n) is 10.5. The van der Waals surface area contributed by atoms with Crippen molar-refractivity contribution in [2.75, 3.05) is 6.54 Å². The summed E-state index contributed by atoms with van der Waals surface area (Å²) in [7, 11) is 0. The molecule has 1 aromatic carbocycles. The number of hydrogen-bond acceptors (Lipinski definition) is 3. The molecule has 0 saturated heterocycles. The molecular weight excluding hydrogens is 364 g/mol. The maximum absolute atomic E-state index is 13.1. The number of amides is 1. The Hall–Kier alpha value is -2.89. The van der Waals surface area contributed by atoms with Crippen LogP contribution in [0.15, 0.2) is 47.4 Å². The second-order valence-electron chi connectivity index (χ2n) is 7.98. The van der Waals surface area contributed by atoms with Gasteiger partial charge in [-0.05, 0) is 37.5 Å². The molecule has 6 heteroatoms. The monoisotopic (exact) mass is 392 g/mol. The van der Waals surface area contributed by atoms with E-state index in [1.165, 1.54) is 12.0 Å². The van der Waals surface area contributed by atoms with Gasteiger partial charge in [0.15, 0.2) is 5.65 Å². The summed E-state index contributed by atoms with van der Waals surface area (Å²) in [5, 5.41) is 3.02. The fourth-order valence-electron chi connectivity index (χ4n) is 4.29. The average Bonchev–Trinajstić information content (AvgIpc) is 3.00. The third-order valence-corrected chi connectivity index (χ3v) is 5.81. The van der Waals surface area contributed by atoms with E-state index in [0.29, 0.717) is 25.3 Å². The van der Waals surface area contributed by atoms with Gasteiger partial charge in [-0.3, -0.25) is 13.9 Å². The second-order valence-corrected chi connectivity index (χ2v) is 7.98. The van der Waals surface area contributed by atoms with Gasteiger partial charge in [-0.1, -0.05) is 49.1 Å². The molecular formula is C23H28N4O2. The molecule has 3 aromatic rings. The van der Waals surface area contributed by atoms with Crippen LogP contribution in [-0.4, -0.2) is 26.6 Å². The Kier molecular flexibility index (Phi) is 5.79. The van der Waals surface area contributed by atoms with Crippen molar-refractivity contribution in [3.63, 3.8) is 0 Å². The maximum atomic E-state index is 13.1. The highest BCUT2D eigenvalue weighted by Crippen LogP contribution is 2.23. The van der Waals surface area contributed by atoms with Crippen molar-refractivity contribution in [2.24, 2.45) is 5.92 Å². The normalized spacial score (nSPS) is 14.9. The molecule has 152 valence electrons. The van der Waals surface area contributed by atoms with Crippen LogP contribution >= 0.6 is 0 Å². The van der Waals surface area contributed by atoms with Gasteiger partial charge in [0.1, 0.15) is 0 Å². The SMILES string of the molecule is Cc1cccc(Cn2c(=O)n(CCNC(=O)C3CCCCC3)c3ncccc32)c1. The lowest BCUT2D eigenvalue weighted by atomic mass is 9.89. The fraction of sp³-hybridized carbons (Fsp3) is 0.435. The molecule has 0 unspecified atom stereocenters. The van der Waals surface area contributed by atoms with Crippen LogP contribution in [0.1, 0.15) is 43.2 Å². The Morgan fingerprint density at radius 2 is 1.97 bits per heavy atom. The van der Waals surface area contributed by atoms with Gasteiger partial charge in [-0.25, -0.2) is 9.78 Å². The predicted molar refractivity (Wildman–Crippen MR) is 114 cm³/mol. The highest BCUT2D eigenvalue weighted by atomic mass is 16.2. The van der Waals surface area contributed by atoms with Gasteiger partial charge in [0.05, 0.1) is 12.1 Å². The molecule has 0 bridgehead atoms. The van der Waals surface area contributed by atoms with E-state index in [0.717, 1.165) is 36.8 Å². The Bertz CT molecular complexity index is 1060. The summed E-state index contributed by atoms with van der Waals surface area (Å²) in [5.74, 6) is 0.246. The van der Waals surface area contributed by atoms with Gasteiger partial charge in [-0.15, -0.1) is 0 Å². The standard InChI is InChI=1S/C23H28N4O2/c1-17-7-5-8-18(15-17)16-27-20-11-6-12-24-21(20)26(23(27)29)14-13-25-22(28)19-9-3-2-4-10-19/h5-8,11-12,15,19H,2-4,9-10,13-14,16H2,1H3,(H,25,28). The first-order chi connectivity index (χ1) is 14.1. The molecule has 2 heterocycles. The highest BCUT2D eigenvalue weighted by molar-refractivity contribution is 5.78. The quantitative estimate of drug-likeness (QED) is 0.700. The van der Waals surface area contributed by atoms with Crippen LogP contribution in [0.5, 0.6) is 0 Å². The van der Waals surface area contributed by atoms with Gasteiger partial charge in [0.25, 0.3) is 0 Å². The molecule has 1 aliphatic rings. The number of aryl methyl sites for hydroxylation is 1. The molecule has 0 aliphatic heterocycles. The molecule has 1 amide bonds. The van der Waals surface area contributed by atoms with Crippen molar-refractivity contribution in [2.45, 2.75) is 52.1 Å². The molecule has 0 radical (unpaired) electrons. The molecule has 6 nitrogen and oxygen atoms in total. The van der Waals surface area contributed by atoms with Crippen molar-refractivity contribution < 1.29 is 4.79 Å². The minimum Gasteiger partial charge on any atom is -0.354 e. The molecule has 2 aromatic heterocycles. The zero-order valence-corrected chi connectivity index (χ0v) is 16.9. The summed E-state index contributed by atoms with van der Waals surface area (Å²) in [6.07, 6.45) is 7.15. The average molecular weight is 393 g/mol. The lowest BCUT2D eigenvalue weighted by Gasteiger charge is -2.20. The predicted octanol–water partition coefficient (Wildman–Crippen LogP) is 3.25. The van der Waals surface area contributed by atoms with Gasteiger partial charge in [-0.2, -0.15) is 0 Å². The topological polar surface area (TPSA) is 68.9 Å². The van der Waals surface area contributed by atoms with E-state index in [9.17, 15) is 9.59 Å². The largest absolute Gasteiger partial charge is 0.354 e. The number of aromatic nitrogens is 3. The van der Waals surface area contributed by atoms with Crippen LogP contribution in [0.4, 0.5) is 0 Å². The molecule has 1 fully saturated rings. The Morgan fingerprint density at radius 1 is 1.14 bits per heavy atom. The molecule has 29 heavy (non-hydrogen) atoms. The van der Waals surface area contributed by atoms with Crippen LogP contribution in [0, 0.1) is 12.8 Å². The molecule has 1 N–H and O–H groups in total. The van der Waals surface area contributed by atoms with Crippen LogP contribution in [0.25, 0.3) is 11.2 Å². The second kappa shape index (κ2) is 8.64. The van der Waals surface area contributed by atoms with E-state index in [1.54, 1.807) is 15.3 Å². The zero-order chi connectivity index (χ0) is 20.2. The fourth-order valence-corrected chi connectivity index (χ4v) is 4.29. The van der Waals surface area contributed by atoms with E-state index < -0.39 is 0 Å². The van der Waals surface area contributed by atoms with E-state index >= 15 is 0 Å². The third-order valence-electron chi connectivity index (χ3n) is 5.81.